The Kier molecular flexibility index (Phi) is 5.50. The number of halogens is 1. The fourth-order valence-electron chi connectivity index (χ4n) is 4.21. The molecule has 1 aromatic rings. The van der Waals surface area contributed by atoms with Gasteiger partial charge in [0.15, 0.2) is 0 Å². The zero-order valence-electron chi connectivity index (χ0n) is 17.3. The van der Waals surface area contributed by atoms with Crippen LogP contribution in [0.15, 0.2) is 23.8 Å². The molecule has 0 fully saturated rings. The molecule has 0 bridgehead atoms. The third-order valence-electron chi connectivity index (χ3n) is 5.20. The van der Waals surface area contributed by atoms with Gasteiger partial charge in [-0.25, -0.2) is 9.18 Å². The van der Waals surface area contributed by atoms with E-state index in [0.717, 1.165) is 17.5 Å². The number of carbonyl (C=O) groups is 2. The first kappa shape index (κ1) is 20.4. The van der Waals surface area contributed by atoms with Gasteiger partial charge in [-0.3, -0.25) is 4.79 Å². The number of amides is 2. The third-order valence-corrected chi connectivity index (χ3v) is 5.20. The van der Waals surface area contributed by atoms with E-state index in [0.29, 0.717) is 13.0 Å². The average Bonchev–Trinajstić information content (AvgIpc) is 2.94. The normalized spacial score (nSPS) is 18.8. The van der Waals surface area contributed by atoms with E-state index in [1.54, 1.807) is 26.8 Å². The predicted molar refractivity (Wildman–Crippen MR) is 106 cm³/mol. The van der Waals surface area contributed by atoms with E-state index in [-0.39, 0.29) is 30.2 Å². The van der Waals surface area contributed by atoms with Gasteiger partial charge in [0.1, 0.15) is 18.0 Å². The molecule has 1 unspecified atom stereocenters. The number of hydrogen-bond donors (Lipinski definition) is 1. The van der Waals surface area contributed by atoms with Crippen molar-refractivity contribution in [3.05, 3.63) is 40.7 Å². The van der Waals surface area contributed by atoms with Crippen molar-refractivity contribution in [3.8, 4) is 0 Å². The molecule has 1 heterocycles. The molecule has 5 nitrogen and oxygen atoms in total. The molecule has 6 heteroatoms. The van der Waals surface area contributed by atoms with Gasteiger partial charge in [-0.15, -0.1) is 0 Å². The van der Waals surface area contributed by atoms with Crippen LogP contribution in [0.4, 0.5) is 9.18 Å². The summed E-state index contributed by atoms with van der Waals surface area (Å²) < 4.78 is 18.9. The number of fused-ring (bicyclic) bond motifs is 2. The first-order valence-electron chi connectivity index (χ1n) is 9.84. The maximum Gasteiger partial charge on any atom is 0.408 e. The quantitative estimate of drug-likeness (QED) is 0.854. The molecular weight excluding hydrogens is 359 g/mol. The molecule has 0 spiro atoms. The summed E-state index contributed by atoms with van der Waals surface area (Å²) in [6.07, 6.45) is 0.854. The Morgan fingerprint density at radius 2 is 2.04 bits per heavy atom. The first-order valence-corrected chi connectivity index (χ1v) is 9.84. The van der Waals surface area contributed by atoms with Gasteiger partial charge in [0.2, 0.25) is 5.91 Å². The van der Waals surface area contributed by atoms with Gasteiger partial charge in [-0.1, -0.05) is 19.9 Å². The predicted octanol–water partition coefficient (Wildman–Crippen LogP) is 3.92. The molecule has 0 radical (unpaired) electrons. The second-order valence-corrected chi connectivity index (χ2v) is 8.86. The van der Waals surface area contributed by atoms with Crippen molar-refractivity contribution in [1.29, 1.82) is 0 Å². The Morgan fingerprint density at radius 1 is 1.32 bits per heavy atom. The van der Waals surface area contributed by atoms with Gasteiger partial charge in [-0.05, 0) is 73.9 Å². The summed E-state index contributed by atoms with van der Waals surface area (Å²) in [4.78, 5) is 26.6. The zero-order valence-corrected chi connectivity index (χ0v) is 17.3. The van der Waals surface area contributed by atoms with Gasteiger partial charge in [-0.2, -0.15) is 0 Å². The Labute approximate surface area is 165 Å². The number of hydrogen-bond acceptors (Lipinski definition) is 3. The molecule has 1 atom stereocenters. The number of benzene rings is 1. The second-order valence-electron chi connectivity index (χ2n) is 8.86. The molecule has 1 N–H and O–H groups in total. The fraction of sp³-hybridized carbons (Fsp3) is 0.545. The zero-order chi connectivity index (χ0) is 20.6. The molecule has 0 saturated heterocycles. The lowest BCUT2D eigenvalue weighted by molar-refractivity contribution is -0.132. The number of carbonyl (C=O) groups excluding carboxylic acids is 2. The highest BCUT2D eigenvalue weighted by Gasteiger charge is 2.38. The average molecular weight is 388 g/mol. The Morgan fingerprint density at radius 3 is 2.68 bits per heavy atom. The maximum absolute atomic E-state index is 13.7. The molecular formula is C22H29FN2O3. The van der Waals surface area contributed by atoms with E-state index in [1.807, 2.05) is 11.0 Å². The highest BCUT2D eigenvalue weighted by atomic mass is 19.1. The van der Waals surface area contributed by atoms with E-state index in [1.165, 1.54) is 17.2 Å². The van der Waals surface area contributed by atoms with Gasteiger partial charge in [0.05, 0.1) is 6.04 Å². The number of rotatable bonds is 3. The lowest BCUT2D eigenvalue weighted by atomic mass is 9.86. The van der Waals surface area contributed by atoms with Crippen LogP contribution in [0.25, 0.3) is 5.57 Å². The van der Waals surface area contributed by atoms with Crippen molar-refractivity contribution in [2.45, 2.75) is 59.1 Å². The number of alkyl carbamates (subject to hydrolysis) is 1. The maximum atomic E-state index is 13.7. The summed E-state index contributed by atoms with van der Waals surface area (Å²) in [5.41, 5.74) is 3.88. The van der Waals surface area contributed by atoms with E-state index in [9.17, 15) is 14.0 Å². The smallest absolute Gasteiger partial charge is 0.408 e. The Bertz CT molecular complexity index is 824. The molecule has 0 aromatic heterocycles. The molecule has 1 aromatic carbocycles. The molecule has 0 saturated carbocycles. The van der Waals surface area contributed by atoms with Crippen molar-refractivity contribution < 1.29 is 18.7 Å². The molecule has 28 heavy (non-hydrogen) atoms. The summed E-state index contributed by atoms with van der Waals surface area (Å²) in [7, 11) is 0. The van der Waals surface area contributed by atoms with E-state index < -0.39 is 11.7 Å². The van der Waals surface area contributed by atoms with E-state index in [2.05, 4.69) is 19.2 Å². The van der Waals surface area contributed by atoms with Gasteiger partial charge >= 0.3 is 6.09 Å². The minimum atomic E-state index is -0.608. The molecule has 3 rings (SSSR count). The Hall–Kier alpha value is -2.37. The summed E-state index contributed by atoms with van der Waals surface area (Å²) in [6, 6.07) is 4.90. The lowest BCUT2D eigenvalue weighted by Gasteiger charge is -2.40. The summed E-state index contributed by atoms with van der Waals surface area (Å²) >= 11 is 0. The standard InChI is InChI=1S/C22H29FN2O3/c1-13(2)20-18-10-14-6-7-15(23)11-17(14)16(18)8-9-25(20)19(26)12-24-21(27)28-22(3,4)5/h6-7,11,13,20H,8-10,12H2,1-5H3,(H,24,27). The van der Waals surface area contributed by atoms with Crippen molar-refractivity contribution in [1.82, 2.24) is 10.2 Å². The van der Waals surface area contributed by atoms with Crippen molar-refractivity contribution >= 4 is 17.6 Å². The molecule has 152 valence electrons. The van der Waals surface area contributed by atoms with Crippen molar-refractivity contribution in [2.24, 2.45) is 5.92 Å². The van der Waals surface area contributed by atoms with E-state index in [4.69, 9.17) is 4.74 Å². The number of nitrogens with zero attached hydrogens (tertiary/aromatic N) is 1. The number of nitrogens with one attached hydrogen (secondary N) is 1. The molecule has 2 amide bonds. The van der Waals surface area contributed by atoms with Crippen LogP contribution in [-0.4, -0.2) is 41.6 Å². The van der Waals surface area contributed by atoms with Crippen LogP contribution in [0.1, 0.15) is 52.2 Å². The van der Waals surface area contributed by atoms with E-state index >= 15 is 0 Å². The lowest BCUT2D eigenvalue weighted by Crippen LogP contribution is -2.51. The molecule has 2 aliphatic rings. The largest absolute Gasteiger partial charge is 0.444 e. The number of ether oxygens (including phenoxy) is 1. The third kappa shape index (κ3) is 4.21. The molecule has 1 aliphatic heterocycles. The SMILES string of the molecule is CC(C)C1C2=C(CCN1C(=O)CNC(=O)OC(C)(C)C)c1cc(F)ccc1C2. The second kappa shape index (κ2) is 7.57. The van der Waals surface area contributed by atoms with Crippen LogP contribution in [0.2, 0.25) is 0 Å². The van der Waals surface area contributed by atoms with Crippen LogP contribution in [0, 0.1) is 11.7 Å². The van der Waals surface area contributed by atoms with Crippen molar-refractivity contribution in [3.63, 3.8) is 0 Å². The highest BCUT2D eigenvalue weighted by molar-refractivity contribution is 5.86. The van der Waals surface area contributed by atoms with Crippen molar-refractivity contribution in [2.75, 3.05) is 13.1 Å². The van der Waals surface area contributed by atoms with Gasteiger partial charge in [0.25, 0.3) is 0 Å². The van der Waals surface area contributed by atoms with Crippen LogP contribution in [0.5, 0.6) is 0 Å². The topological polar surface area (TPSA) is 58.6 Å². The minimum absolute atomic E-state index is 0.0489. The van der Waals surface area contributed by atoms with Crippen LogP contribution >= 0.6 is 0 Å². The van der Waals surface area contributed by atoms with Crippen LogP contribution in [-0.2, 0) is 16.0 Å². The van der Waals surface area contributed by atoms with Crippen LogP contribution < -0.4 is 5.32 Å². The fourth-order valence-corrected chi connectivity index (χ4v) is 4.21. The Balaban J connectivity index is 1.75. The van der Waals surface area contributed by atoms with Gasteiger partial charge in [0, 0.05) is 6.54 Å². The summed E-state index contributed by atoms with van der Waals surface area (Å²) in [5.74, 6) is -0.137. The summed E-state index contributed by atoms with van der Waals surface area (Å²) in [5, 5.41) is 2.56. The first-order chi connectivity index (χ1) is 13.1. The molecule has 1 aliphatic carbocycles. The monoisotopic (exact) mass is 388 g/mol. The van der Waals surface area contributed by atoms with Gasteiger partial charge < -0.3 is 15.0 Å². The summed E-state index contributed by atoms with van der Waals surface area (Å²) in [6.45, 7) is 9.99. The van der Waals surface area contributed by atoms with Crippen LogP contribution in [0.3, 0.4) is 0 Å². The minimum Gasteiger partial charge on any atom is -0.444 e. The highest BCUT2D eigenvalue weighted by Crippen LogP contribution is 2.43.